The number of benzene rings is 2. The quantitative estimate of drug-likeness (QED) is 0.734. The topological polar surface area (TPSA) is 86.7 Å². The molecule has 1 fully saturated rings. The minimum Gasteiger partial charge on any atom is -0.266 e. The molecule has 1 saturated heterocycles. The smallest absolute Gasteiger partial charge is 0.266 e. The highest BCUT2D eigenvalue weighted by atomic mass is 32.3. The number of fused-ring (bicyclic) bond motifs is 1. The van der Waals surface area contributed by atoms with Crippen LogP contribution in [0.4, 0.5) is 0 Å². The summed E-state index contributed by atoms with van der Waals surface area (Å²) < 4.78 is 56.8. The summed E-state index contributed by atoms with van der Waals surface area (Å²) in [6, 6.07) is 11.9. The zero-order valence-electron chi connectivity index (χ0n) is 11.7. The third-order valence-electron chi connectivity index (χ3n) is 3.79. The second kappa shape index (κ2) is 5.02. The summed E-state index contributed by atoms with van der Waals surface area (Å²) in [4.78, 5) is 0. The highest BCUT2D eigenvalue weighted by molar-refractivity contribution is 8.05. The van der Waals surface area contributed by atoms with Crippen molar-refractivity contribution >= 4 is 31.0 Å². The molecule has 1 aliphatic rings. The van der Waals surface area contributed by atoms with E-state index in [1.165, 1.54) is 12.1 Å². The van der Waals surface area contributed by atoms with Crippen molar-refractivity contribution in [1.29, 1.82) is 0 Å². The van der Waals surface area contributed by atoms with Crippen LogP contribution in [0.15, 0.2) is 42.5 Å². The Kier molecular flexibility index (Phi) is 3.52. The normalized spacial score (nSPS) is 23.0. The molecular formula is C14H14O6S2. The molecule has 0 aromatic heterocycles. The monoisotopic (exact) mass is 342 g/mol. The largest absolute Gasteiger partial charge is 0.294 e. The van der Waals surface area contributed by atoms with Gasteiger partial charge < -0.3 is 0 Å². The van der Waals surface area contributed by atoms with Crippen molar-refractivity contribution in [3.05, 3.63) is 48.0 Å². The van der Waals surface area contributed by atoms with Gasteiger partial charge in [-0.25, -0.2) is 0 Å². The van der Waals surface area contributed by atoms with Crippen molar-refractivity contribution in [2.75, 3.05) is 13.2 Å². The molecule has 2 aromatic rings. The van der Waals surface area contributed by atoms with E-state index in [0.29, 0.717) is 0 Å². The predicted octanol–water partition coefficient (Wildman–Crippen LogP) is 1.72. The summed E-state index contributed by atoms with van der Waals surface area (Å²) in [5, 5.41) is 1.61. The molecular weight excluding hydrogens is 328 g/mol. The summed E-state index contributed by atoms with van der Waals surface area (Å²) in [6.45, 7) is 0.433. The molecule has 0 spiro atoms. The Morgan fingerprint density at radius 2 is 1.41 bits per heavy atom. The zero-order valence-corrected chi connectivity index (χ0v) is 13.4. The van der Waals surface area contributed by atoms with E-state index in [0.717, 1.165) is 17.7 Å². The standard InChI is InChI=1S/C14H14O6S2/c1-14(21(15,16)19-8-9-20-22(14,17)18)13-7-6-11-4-2-3-5-12(11)10-13/h2-7,10H,8-9H2,1H3. The fourth-order valence-electron chi connectivity index (χ4n) is 2.40. The van der Waals surface area contributed by atoms with Gasteiger partial charge in [-0.3, -0.25) is 8.37 Å². The van der Waals surface area contributed by atoms with E-state index in [4.69, 9.17) is 8.37 Å². The Hall–Kier alpha value is -1.48. The molecule has 1 heterocycles. The molecule has 0 amide bonds. The van der Waals surface area contributed by atoms with Crippen LogP contribution in [0.5, 0.6) is 0 Å². The maximum atomic E-state index is 12.4. The van der Waals surface area contributed by atoms with Crippen LogP contribution in [0.2, 0.25) is 0 Å². The van der Waals surface area contributed by atoms with E-state index in [9.17, 15) is 16.8 Å². The molecule has 0 bridgehead atoms. The molecule has 0 atom stereocenters. The molecule has 0 aliphatic carbocycles. The van der Waals surface area contributed by atoms with Crippen molar-refractivity contribution in [2.45, 2.75) is 11.0 Å². The first-order valence-corrected chi connectivity index (χ1v) is 9.37. The van der Waals surface area contributed by atoms with Crippen LogP contribution < -0.4 is 0 Å². The van der Waals surface area contributed by atoms with E-state index < -0.39 is 24.3 Å². The van der Waals surface area contributed by atoms with Crippen LogP contribution in [0.25, 0.3) is 10.8 Å². The second-order valence-electron chi connectivity index (χ2n) is 5.06. The SMILES string of the molecule is CC1(c2ccc3ccccc3c2)S(=O)(=O)OCCOS1(=O)=O. The first-order valence-electron chi connectivity index (χ1n) is 6.55. The maximum absolute atomic E-state index is 12.4. The third kappa shape index (κ3) is 2.14. The van der Waals surface area contributed by atoms with Gasteiger partial charge in [-0.05, 0) is 29.3 Å². The van der Waals surface area contributed by atoms with Gasteiger partial charge in [0.15, 0.2) is 0 Å². The molecule has 3 rings (SSSR count). The Morgan fingerprint density at radius 1 is 0.864 bits per heavy atom. The number of rotatable bonds is 1. The van der Waals surface area contributed by atoms with Crippen LogP contribution in [0, 0.1) is 0 Å². The molecule has 0 saturated carbocycles. The van der Waals surface area contributed by atoms with Crippen molar-refractivity contribution in [3.63, 3.8) is 0 Å². The Bertz CT molecular complexity index is 895. The van der Waals surface area contributed by atoms with Gasteiger partial charge in [0, 0.05) is 0 Å². The molecule has 0 N–H and O–H groups in total. The van der Waals surface area contributed by atoms with E-state index in [1.807, 2.05) is 12.1 Å². The number of hydrogen-bond acceptors (Lipinski definition) is 6. The fourth-order valence-corrected chi connectivity index (χ4v) is 5.54. The summed E-state index contributed by atoms with van der Waals surface area (Å²) in [6.07, 6.45) is 0. The summed E-state index contributed by atoms with van der Waals surface area (Å²) in [7, 11) is -8.80. The van der Waals surface area contributed by atoms with Gasteiger partial charge in [-0.15, -0.1) is 0 Å². The maximum Gasteiger partial charge on any atom is 0.294 e. The van der Waals surface area contributed by atoms with E-state index in [2.05, 4.69) is 0 Å². The van der Waals surface area contributed by atoms with Crippen LogP contribution in [-0.4, -0.2) is 30.0 Å². The highest BCUT2D eigenvalue weighted by Gasteiger charge is 2.56. The minimum atomic E-state index is -4.40. The van der Waals surface area contributed by atoms with Gasteiger partial charge in [0.2, 0.25) is 4.08 Å². The molecule has 2 aromatic carbocycles. The lowest BCUT2D eigenvalue weighted by atomic mass is 10.1. The van der Waals surface area contributed by atoms with E-state index in [-0.39, 0.29) is 18.8 Å². The Labute approximate surface area is 128 Å². The van der Waals surface area contributed by atoms with Crippen LogP contribution in [-0.2, 0) is 32.7 Å². The van der Waals surface area contributed by atoms with Gasteiger partial charge in [0.05, 0.1) is 13.2 Å². The first kappa shape index (κ1) is 15.4. The predicted molar refractivity (Wildman–Crippen MR) is 81.0 cm³/mol. The molecule has 1 aliphatic heterocycles. The van der Waals surface area contributed by atoms with Crippen LogP contribution >= 0.6 is 0 Å². The van der Waals surface area contributed by atoms with Crippen LogP contribution in [0.3, 0.4) is 0 Å². The minimum absolute atomic E-state index is 0.0908. The van der Waals surface area contributed by atoms with Crippen molar-refractivity contribution in [1.82, 2.24) is 0 Å². The average molecular weight is 342 g/mol. The van der Waals surface area contributed by atoms with Crippen molar-refractivity contribution in [2.24, 2.45) is 0 Å². The van der Waals surface area contributed by atoms with Gasteiger partial charge >= 0.3 is 0 Å². The van der Waals surface area contributed by atoms with Gasteiger partial charge in [0.25, 0.3) is 20.2 Å². The van der Waals surface area contributed by atoms with Crippen molar-refractivity contribution < 1.29 is 25.2 Å². The Balaban J connectivity index is 2.32. The summed E-state index contributed by atoms with van der Waals surface area (Å²) in [5.74, 6) is 0. The second-order valence-corrected chi connectivity index (χ2v) is 9.24. The first-order chi connectivity index (χ1) is 10.3. The summed E-state index contributed by atoms with van der Waals surface area (Å²) >= 11 is 0. The van der Waals surface area contributed by atoms with E-state index >= 15 is 0 Å². The molecule has 22 heavy (non-hydrogen) atoms. The lowest BCUT2D eigenvalue weighted by molar-refractivity contribution is 0.237. The van der Waals surface area contributed by atoms with Gasteiger partial charge in [0.1, 0.15) is 0 Å². The summed E-state index contributed by atoms with van der Waals surface area (Å²) in [5.41, 5.74) is 0.0908. The molecule has 0 unspecified atom stereocenters. The van der Waals surface area contributed by atoms with E-state index in [1.54, 1.807) is 18.2 Å². The van der Waals surface area contributed by atoms with Gasteiger partial charge in [-0.2, -0.15) is 16.8 Å². The zero-order chi connectivity index (χ0) is 16.0. The highest BCUT2D eigenvalue weighted by Crippen LogP contribution is 2.40. The lowest BCUT2D eigenvalue weighted by Gasteiger charge is -2.25. The molecule has 0 radical (unpaired) electrons. The Morgan fingerprint density at radius 3 is 2.00 bits per heavy atom. The molecule has 6 nitrogen and oxygen atoms in total. The molecule has 8 heteroatoms. The molecule has 118 valence electrons. The van der Waals surface area contributed by atoms with Crippen LogP contribution in [0.1, 0.15) is 12.5 Å². The number of hydrogen-bond donors (Lipinski definition) is 0. The third-order valence-corrected chi connectivity index (χ3v) is 8.35. The van der Waals surface area contributed by atoms with Gasteiger partial charge in [-0.1, -0.05) is 36.4 Å². The average Bonchev–Trinajstić information content (AvgIpc) is 2.57. The lowest BCUT2D eigenvalue weighted by Crippen LogP contribution is -2.40. The fraction of sp³-hybridized carbons (Fsp3) is 0.286. The van der Waals surface area contributed by atoms with Crippen molar-refractivity contribution in [3.8, 4) is 0 Å².